The van der Waals surface area contributed by atoms with Gasteiger partial charge in [0.15, 0.2) is 0 Å². The number of fused-ring (bicyclic) bond motifs is 1. The summed E-state index contributed by atoms with van der Waals surface area (Å²) in [4.78, 5) is 0. The van der Waals surface area contributed by atoms with E-state index >= 15 is 0 Å². The first-order chi connectivity index (χ1) is 9.26. The van der Waals surface area contributed by atoms with E-state index in [0.29, 0.717) is 0 Å². The van der Waals surface area contributed by atoms with E-state index in [1.54, 1.807) is 0 Å². The first-order valence-electron chi connectivity index (χ1n) is 6.34. The number of rotatable bonds is 1. The van der Waals surface area contributed by atoms with Crippen molar-refractivity contribution in [2.75, 3.05) is 13.1 Å². The molecule has 3 rings (SSSR count). The molecule has 0 unspecified atom stereocenters. The van der Waals surface area contributed by atoms with Crippen LogP contribution in [0.1, 0.15) is 18.0 Å². The van der Waals surface area contributed by atoms with Gasteiger partial charge in [-0.25, -0.2) is 10.0 Å². The van der Waals surface area contributed by atoms with Gasteiger partial charge in [0.2, 0.25) is 0 Å². The molecule has 2 aliphatic heterocycles. The highest BCUT2D eigenvalue weighted by Gasteiger charge is 2.50. The molecule has 2 fully saturated rings. The predicted octanol–water partition coefficient (Wildman–Crippen LogP) is 2.46. The number of hydrazine groups is 1. The summed E-state index contributed by atoms with van der Waals surface area (Å²) in [6, 6.07) is 12.4. The lowest BCUT2D eigenvalue weighted by atomic mass is 9.90. The molecule has 2 saturated heterocycles. The van der Waals surface area contributed by atoms with Crippen molar-refractivity contribution in [3.05, 3.63) is 34.3 Å². The lowest BCUT2D eigenvalue weighted by molar-refractivity contribution is 0.0383. The molecule has 0 amide bonds. The highest BCUT2D eigenvalue weighted by atomic mass is 79.9. The second kappa shape index (κ2) is 4.94. The Hall–Kier alpha value is -1.40. The van der Waals surface area contributed by atoms with Crippen LogP contribution < -0.4 is 0 Å². The van der Waals surface area contributed by atoms with E-state index in [4.69, 9.17) is 0 Å². The lowest BCUT2D eigenvalue weighted by Gasteiger charge is -2.25. The third-order valence-electron chi connectivity index (χ3n) is 3.92. The number of halogens is 1. The van der Waals surface area contributed by atoms with E-state index in [-0.39, 0.29) is 18.0 Å². The predicted molar refractivity (Wildman–Crippen MR) is 73.4 cm³/mol. The number of hydrogen-bond donors (Lipinski definition) is 0. The molecule has 1 aromatic rings. The monoisotopic (exact) mass is 316 g/mol. The molecule has 4 nitrogen and oxygen atoms in total. The Morgan fingerprint density at radius 3 is 2.37 bits per heavy atom. The molecular weight excluding hydrogens is 304 g/mol. The third-order valence-corrected chi connectivity index (χ3v) is 4.45. The fourth-order valence-electron chi connectivity index (χ4n) is 3.12. The van der Waals surface area contributed by atoms with Crippen LogP contribution in [0.3, 0.4) is 0 Å². The Morgan fingerprint density at radius 1 is 1.05 bits per heavy atom. The van der Waals surface area contributed by atoms with Gasteiger partial charge in [-0.05, 0) is 24.1 Å². The van der Waals surface area contributed by atoms with Gasteiger partial charge in [0, 0.05) is 17.6 Å². The molecule has 0 bridgehead atoms. The van der Waals surface area contributed by atoms with Gasteiger partial charge in [-0.1, -0.05) is 28.1 Å². The first-order valence-corrected chi connectivity index (χ1v) is 7.13. The number of benzene rings is 1. The van der Waals surface area contributed by atoms with Crippen molar-refractivity contribution in [1.29, 1.82) is 10.5 Å². The van der Waals surface area contributed by atoms with Crippen molar-refractivity contribution in [3.63, 3.8) is 0 Å². The van der Waals surface area contributed by atoms with E-state index in [1.165, 1.54) is 0 Å². The van der Waals surface area contributed by atoms with Crippen LogP contribution in [0.2, 0.25) is 0 Å². The Kier molecular flexibility index (Phi) is 3.28. The summed E-state index contributed by atoms with van der Waals surface area (Å²) in [6.45, 7) is 1.81. The van der Waals surface area contributed by atoms with Gasteiger partial charge < -0.3 is 0 Å². The summed E-state index contributed by atoms with van der Waals surface area (Å²) in [6.07, 6.45) is 1.06. The van der Waals surface area contributed by atoms with E-state index in [0.717, 1.165) is 29.5 Å². The molecule has 2 heterocycles. The van der Waals surface area contributed by atoms with Crippen LogP contribution in [0, 0.1) is 28.6 Å². The molecule has 3 atom stereocenters. The average Bonchev–Trinajstić information content (AvgIpc) is 2.98. The fraction of sp³-hybridized carbons (Fsp3) is 0.429. The van der Waals surface area contributed by atoms with Crippen molar-refractivity contribution >= 4 is 15.9 Å². The van der Waals surface area contributed by atoms with Crippen LogP contribution in [0.4, 0.5) is 0 Å². The summed E-state index contributed by atoms with van der Waals surface area (Å²) in [5, 5.41) is 23.1. The standard InChI is InChI=1S/C14H13BrN4/c15-11-4-2-10(3-5-11)14-12(8-16)13(9-17)18-6-1-7-19(14)18/h2-5,12-14H,1,6-7H2/t12-,13-,14+/m0/s1. The molecule has 0 saturated carbocycles. The normalized spacial score (nSPS) is 30.8. The number of nitrogens with zero attached hydrogens (tertiary/aromatic N) is 4. The van der Waals surface area contributed by atoms with Crippen LogP contribution in [0.25, 0.3) is 0 Å². The Balaban J connectivity index is 2.01. The van der Waals surface area contributed by atoms with Crippen molar-refractivity contribution < 1.29 is 0 Å². The Bertz CT molecular complexity index is 556. The summed E-state index contributed by atoms with van der Waals surface area (Å²) in [7, 11) is 0. The van der Waals surface area contributed by atoms with Crippen LogP contribution in [0.15, 0.2) is 28.7 Å². The van der Waals surface area contributed by atoms with Crippen LogP contribution in [-0.4, -0.2) is 29.1 Å². The Labute approximate surface area is 120 Å². The summed E-state index contributed by atoms with van der Waals surface area (Å²) in [5.41, 5.74) is 1.11. The van der Waals surface area contributed by atoms with E-state index in [1.807, 2.05) is 24.3 Å². The minimum atomic E-state index is -0.318. The zero-order valence-electron chi connectivity index (χ0n) is 10.3. The van der Waals surface area contributed by atoms with E-state index < -0.39 is 0 Å². The summed E-state index contributed by atoms with van der Waals surface area (Å²) < 4.78 is 1.03. The molecule has 5 heteroatoms. The molecule has 2 aliphatic rings. The highest BCUT2D eigenvalue weighted by molar-refractivity contribution is 9.10. The van der Waals surface area contributed by atoms with Crippen LogP contribution in [0.5, 0.6) is 0 Å². The van der Waals surface area contributed by atoms with Crippen LogP contribution >= 0.6 is 15.9 Å². The first kappa shape index (κ1) is 12.6. The van der Waals surface area contributed by atoms with Gasteiger partial charge in [-0.2, -0.15) is 10.5 Å². The molecular formula is C14H13BrN4. The smallest absolute Gasteiger partial charge is 0.129 e. The molecule has 0 N–H and O–H groups in total. The van der Waals surface area contributed by atoms with Crippen LogP contribution in [-0.2, 0) is 0 Å². The fourth-order valence-corrected chi connectivity index (χ4v) is 3.38. The van der Waals surface area contributed by atoms with E-state index in [9.17, 15) is 10.5 Å². The molecule has 1 aromatic carbocycles. The molecule has 0 aliphatic carbocycles. The molecule has 0 spiro atoms. The van der Waals surface area contributed by atoms with Gasteiger partial charge in [0.25, 0.3) is 0 Å². The SMILES string of the molecule is N#C[C@@H]1[C@@H](c2ccc(Br)cc2)N2CCCN2[C@H]1C#N. The maximum Gasteiger partial charge on any atom is 0.129 e. The molecule has 0 aromatic heterocycles. The largest absolute Gasteiger partial charge is 0.232 e. The zero-order valence-corrected chi connectivity index (χ0v) is 11.9. The zero-order chi connectivity index (χ0) is 13.4. The highest BCUT2D eigenvalue weighted by Crippen LogP contribution is 2.43. The van der Waals surface area contributed by atoms with Gasteiger partial charge in [0.05, 0.1) is 24.1 Å². The maximum atomic E-state index is 9.45. The molecule has 19 heavy (non-hydrogen) atoms. The maximum absolute atomic E-state index is 9.45. The van der Waals surface area contributed by atoms with Gasteiger partial charge in [-0.15, -0.1) is 0 Å². The minimum Gasteiger partial charge on any atom is -0.232 e. The quantitative estimate of drug-likeness (QED) is 0.798. The van der Waals surface area contributed by atoms with Gasteiger partial charge in [-0.3, -0.25) is 0 Å². The summed E-state index contributed by atoms with van der Waals surface area (Å²) >= 11 is 3.43. The molecule has 0 radical (unpaired) electrons. The summed E-state index contributed by atoms with van der Waals surface area (Å²) in [5.74, 6) is -0.286. The lowest BCUT2D eigenvalue weighted by Crippen LogP contribution is -2.35. The van der Waals surface area contributed by atoms with Crippen molar-refractivity contribution in [2.24, 2.45) is 5.92 Å². The van der Waals surface area contributed by atoms with Crippen molar-refractivity contribution in [3.8, 4) is 12.1 Å². The molecule has 96 valence electrons. The third kappa shape index (κ3) is 1.95. The topological polar surface area (TPSA) is 54.1 Å². The van der Waals surface area contributed by atoms with Gasteiger partial charge in [0.1, 0.15) is 6.04 Å². The average molecular weight is 317 g/mol. The number of hydrogen-bond acceptors (Lipinski definition) is 4. The minimum absolute atomic E-state index is 0.00486. The van der Waals surface area contributed by atoms with E-state index in [2.05, 4.69) is 38.1 Å². The second-order valence-corrected chi connectivity index (χ2v) is 5.82. The number of nitriles is 2. The van der Waals surface area contributed by atoms with Gasteiger partial charge >= 0.3 is 0 Å². The van der Waals surface area contributed by atoms with Crippen molar-refractivity contribution in [2.45, 2.75) is 18.5 Å². The second-order valence-electron chi connectivity index (χ2n) is 4.90. The Morgan fingerprint density at radius 2 is 1.74 bits per heavy atom. The van der Waals surface area contributed by atoms with Crippen molar-refractivity contribution in [1.82, 2.24) is 10.0 Å².